The summed E-state index contributed by atoms with van der Waals surface area (Å²) in [5.74, 6) is 0.148. The molecule has 1 amide bonds. The lowest BCUT2D eigenvalue weighted by Crippen LogP contribution is -2.49. The molecule has 0 aromatic carbocycles. The summed E-state index contributed by atoms with van der Waals surface area (Å²) in [5.41, 5.74) is 5.47. The van der Waals surface area contributed by atoms with Crippen molar-refractivity contribution in [3.8, 4) is 0 Å². The van der Waals surface area contributed by atoms with Crippen LogP contribution < -0.4 is 11.1 Å². The zero-order valence-electron chi connectivity index (χ0n) is 9.71. The minimum atomic E-state index is -0.145. The number of hydrogen-bond acceptors (Lipinski definition) is 3. The first-order chi connectivity index (χ1) is 6.56. The topological polar surface area (TPSA) is 58.4 Å². The minimum Gasteiger partial charge on any atom is -0.342 e. The third-order valence-corrected chi connectivity index (χ3v) is 2.33. The molecule has 2 unspecified atom stereocenters. The lowest BCUT2D eigenvalue weighted by atomic mass is 10.2. The molecule has 2 atom stereocenters. The van der Waals surface area contributed by atoms with Crippen molar-refractivity contribution in [2.75, 3.05) is 19.6 Å². The monoisotopic (exact) mass is 201 g/mol. The zero-order chi connectivity index (χ0) is 11.1. The predicted octanol–water partition coefficient (Wildman–Crippen LogP) is 0.180. The Morgan fingerprint density at radius 2 is 1.86 bits per heavy atom. The number of hydrogen-bond donors (Lipinski definition) is 2. The molecule has 4 heteroatoms. The van der Waals surface area contributed by atoms with E-state index in [-0.39, 0.29) is 18.0 Å². The van der Waals surface area contributed by atoms with E-state index in [9.17, 15) is 4.79 Å². The molecule has 0 spiro atoms. The van der Waals surface area contributed by atoms with Gasteiger partial charge in [-0.3, -0.25) is 4.79 Å². The highest BCUT2D eigenvalue weighted by atomic mass is 16.2. The van der Waals surface area contributed by atoms with E-state index in [1.165, 1.54) is 0 Å². The van der Waals surface area contributed by atoms with Crippen molar-refractivity contribution < 1.29 is 4.79 Å². The van der Waals surface area contributed by atoms with Gasteiger partial charge < -0.3 is 16.0 Å². The van der Waals surface area contributed by atoms with E-state index in [0.29, 0.717) is 6.54 Å². The van der Waals surface area contributed by atoms with E-state index < -0.39 is 0 Å². The number of amides is 1. The molecule has 0 heterocycles. The Labute approximate surface area is 86.8 Å². The Balaban J connectivity index is 4.09. The molecule has 0 bridgehead atoms. The second-order valence-corrected chi connectivity index (χ2v) is 3.54. The van der Waals surface area contributed by atoms with Gasteiger partial charge in [0.05, 0.1) is 6.04 Å². The van der Waals surface area contributed by atoms with Crippen molar-refractivity contribution in [1.82, 2.24) is 10.2 Å². The van der Waals surface area contributed by atoms with Crippen LogP contribution in [0.15, 0.2) is 0 Å². The Morgan fingerprint density at radius 3 is 2.21 bits per heavy atom. The Bertz CT molecular complexity index is 169. The number of rotatable bonds is 6. The van der Waals surface area contributed by atoms with Crippen molar-refractivity contribution in [1.29, 1.82) is 0 Å². The third kappa shape index (κ3) is 4.07. The molecule has 0 aromatic heterocycles. The molecule has 0 rings (SSSR count). The predicted molar refractivity (Wildman–Crippen MR) is 59.0 cm³/mol. The third-order valence-electron chi connectivity index (χ3n) is 2.33. The highest BCUT2D eigenvalue weighted by Crippen LogP contribution is 1.95. The lowest BCUT2D eigenvalue weighted by Gasteiger charge is -2.25. The van der Waals surface area contributed by atoms with Crippen LogP contribution in [-0.2, 0) is 4.79 Å². The van der Waals surface area contributed by atoms with Crippen LogP contribution >= 0.6 is 0 Å². The molecule has 4 nitrogen and oxygen atoms in total. The largest absolute Gasteiger partial charge is 0.342 e. The van der Waals surface area contributed by atoms with Crippen molar-refractivity contribution >= 4 is 5.91 Å². The number of nitrogens with two attached hydrogens (primary N) is 1. The van der Waals surface area contributed by atoms with Gasteiger partial charge in [-0.15, -0.1) is 0 Å². The van der Waals surface area contributed by atoms with Crippen LogP contribution in [0.3, 0.4) is 0 Å². The Kier molecular flexibility index (Phi) is 6.49. The molecular weight excluding hydrogens is 178 g/mol. The second kappa shape index (κ2) is 6.79. The highest BCUT2D eigenvalue weighted by molar-refractivity contribution is 5.81. The van der Waals surface area contributed by atoms with Gasteiger partial charge in [-0.05, 0) is 27.7 Å². The SMILES string of the molecule is CCN(CC)C(=O)C(C)NC(C)CN. The summed E-state index contributed by atoms with van der Waals surface area (Å²) < 4.78 is 0. The smallest absolute Gasteiger partial charge is 0.239 e. The van der Waals surface area contributed by atoms with Gasteiger partial charge in [0.2, 0.25) is 5.91 Å². The van der Waals surface area contributed by atoms with E-state index in [2.05, 4.69) is 5.32 Å². The van der Waals surface area contributed by atoms with Gasteiger partial charge in [0.15, 0.2) is 0 Å². The van der Waals surface area contributed by atoms with E-state index >= 15 is 0 Å². The summed E-state index contributed by atoms with van der Waals surface area (Å²) >= 11 is 0. The first kappa shape index (κ1) is 13.4. The summed E-state index contributed by atoms with van der Waals surface area (Å²) in [6, 6.07) is 0.0398. The van der Waals surface area contributed by atoms with Crippen LogP contribution in [0, 0.1) is 0 Å². The van der Waals surface area contributed by atoms with Crippen LogP contribution in [0.5, 0.6) is 0 Å². The molecule has 0 saturated heterocycles. The summed E-state index contributed by atoms with van der Waals surface area (Å²) in [6.45, 7) is 9.91. The first-order valence-electron chi connectivity index (χ1n) is 5.31. The van der Waals surface area contributed by atoms with Crippen molar-refractivity contribution in [2.45, 2.75) is 39.8 Å². The lowest BCUT2D eigenvalue weighted by molar-refractivity contribution is -0.132. The molecule has 84 valence electrons. The average Bonchev–Trinajstić information content (AvgIpc) is 2.19. The average molecular weight is 201 g/mol. The van der Waals surface area contributed by atoms with Gasteiger partial charge in [-0.2, -0.15) is 0 Å². The molecular formula is C10H23N3O. The minimum absolute atomic E-state index is 0.145. The van der Waals surface area contributed by atoms with Crippen LogP contribution in [0.4, 0.5) is 0 Å². The molecule has 14 heavy (non-hydrogen) atoms. The summed E-state index contributed by atoms with van der Waals surface area (Å²) in [6.07, 6.45) is 0. The number of nitrogens with zero attached hydrogens (tertiary/aromatic N) is 1. The molecule has 0 aromatic rings. The fraction of sp³-hybridized carbons (Fsp3) is 0.900. The van der Waals surface area contributed by atoms with Crippen molar-refractivity contribution in [2.24, 2.45) is 5.73 Å². The summed E-state index contributed by atoms with van der Waals surface area (Å²) in [5, 5.41) is 3.16. The van der Waals surface area contributed by atoms with E-state index in [0.717, 1.165) is 13.1 Å². The molecule has 0 saturated carbocycles. The standard InChI is InChI=1S/C10H23N3O/c1-5-13(6-2)10(14)9(4)12-8(3)7-11/h8-9,12H,5-7,11H2,1-4H3. The van der Waals surface area contributed by atoms with Crippen LogP contribution in [0.25, 0.3) is 0 Å². The molecule has 0 aliphatic rings. The van der Waals surface area contributed by atoms with E-state index in [4.69, 9.17) is 5.73 Å². The number of likely N-dealkylation sites (N-methyl/N-ethyl adjacent to an activating group) is 1. The van der Waals surface area contributed by atoms with Crippen LogP contribution in [-0.4, -0.2) is 42.5 Å². The fourth-order valence-corrected chi connectivity index (χ4v) is 1.38. The van der Waals surface area contributed by atoms with Crippen LogP contribution in [0.1, 0.15) is 27.7 Å². The van der Waals surface area contributed by atoms with E-state index in [1.807, 2.05) is 32.6 Å². The Hall–Kier alpha value is -0.610. The normalized spacial score (nSPS) is 14.9. The molecule has 0 aliphatic carbocycles. The molecule has 3 N–H and O–H groups in total. The summed E-state index contributed by atoms with van der Waals surface area (Å²) in [7, 11) is 0. The number of carbonyl (C=O) groups is 1. The number of nitrogens with one attached hydrogen (secondary N) is 1. The Morgan fingerprint density at radius 1 is 1.36 bits per heavy atom. The maximum atomic E-state index is 11.8. The second-order valence-electron chi connectivity index (χ2n) is 3.54. The van der Waals surface area contributed by atoms with Crippen LogP contribution in [0.2, 0.25) is 0 Å². The maximum absolute atomic E-state index is 11.8. The fourth-order valence-electron chi connectivity index (χ4n) is 1.38. The quantitative estimate of drug-likeness (QED) is 0.644. The van der Waals surface area contributed by atoms with Crippen molar-refractivity contribution in [3.05, 3.63) is 0 Å². The van der Waals surface area contributed by atoms with Crippen molar-refractivity contribution in [3.63, 3.8) is 0 Å². The first-order valence-corrected chi connectivity index (χ1v) is 5.31. The van der Waals surface area contributed by atoms with Gasteiger partial charge in [0.1, 0.15) is 0 Å². The van der Waals surface area contributed by atoms with Gasteiger partial charge >= 0.3 is 0 Å². The van der Waals surface area contributed by atoms with Gasteiger partial charge in [-0.25, -0.2) is 0 Å². The van der Waals surface area contributed by atoms with Gasteiger partial charge in [-0.1, -0.05) is 0 Å². The number of carbonyl (C=O) groups excluding carboxylic acids is 1. The van der Waals surface area contributed by atoms with E-state index in [1.54, 1.807) is 0 Å². The maximum Gasteiger partial charge on any atom is 0.239 e. The molecule has 0 radical (unpaired) electrons. The summed E-state index contributed by atoms with van der Waals surface area (Å²) in [4.78, 5) is 13.6. The molecule has 0 aliphatic heterocycles. The van der Waals surface area contributed by atoms with Gasteiger partial charge in [0, 0.05) is 25.7 Å². The van der Waals surface area contributed by atoms with Gasteiger partial charge in [0.25, 0.3) is 0 Å². The highest BCUT2D eigenvalue weighted by Gasteiger charge is 2.18. The molecule has 0 fully saturated rings. The zero-order valence-corrected chi connectivity index (χ0v) is 9.71.